The van der Waals surface area contributed by atoms with E-state index in [4.69, 9.17) is 9.47 Å². The lowest BCUT2D eigenvalue weighted by atomic mass is 9.67. The van der Waals surface area contributed by atoms with Crippen LogP contribution in [-0.2, 0) is 29.3 Å². The van der Waals surface area contributed by atoms with E-state index in [9.17, 15) is 45.5 Å². The molecule has 0 spiro atoms. The third-order valence-corrected chi connectivity index (χ3v) is 6.80. The van der Waals surface area contributed by atoms with E-state index in [-0.39, 0.29) is 22.6 Å². The number of halogens is 6. The van der Waals surface area contributed by atoms with Crippen molar-refractivity contribution in [2.75, 3.05) is 19.1 Å². The topological polar surface area (TPSA) is 96.5 Å². The molecule has 3 amide bonds. The Morgan fingerprint density at radius 3 is 2.00 bits per heavy atom. The van der Waals surface area contributed by atoms with Crippen LogP contribution in [0.2, 0.25) is 0 Å². The number of allylic oxidation sites excluding steroid dienone is 2. The van der Waals surface area contributed by atoms with Crippen LogP contribution in [0.25, 0.3) is 0 Å². The standard InChI is InChI=1S/C23H19F6N3O6/c1-37-16(33)15-11-21(12-7-9-30(10-8-12)18(34)22(24,25)26)13-5-3-4-6-14(13)31(19(35)23(27,28)29)17(21)32(15)20(36)38-2/h3-10,12,15,17H,11H2,1-2H3/t15-,17-,21+/m0/s1. The van der Waals surface area contributed by atoms with Crippen LogP contribution in [0.3, 0.4) is 0 Å². The molecule has 4 rings (SSSR count). The Kier molecular flexibility index (Phi) is 6.44. The lowest BCUT2D eigenvalue weighted by molar-refractivity contribution is -0.180. The second kappa shape index (κ2) is 9.06. The summed E-state index contributed by atoms with van der Waals surface area (Å²) in [5.41, 5.74) is -1.77. The van der Waals surface area contributed by atoms with E-state index in [0.717, 1.165) is 38.8 Å². The number of amides is 3. The van der Waals surface area contributed by atoms with E-state index < -0.39 is 59.8 Å². The molecule has 15 heteroatoms. The molecule has 1 aromatic carbocycles. The summed E-state index contributed by atoms with van der Waals surface area (Å²) in [5, 5.41) is 0. The van der Waals surface area contributed by atoms with Gasteiger partial charge in [-0.05, 0) is 18.1 Å². The maximum atomic E-state index is 13.8. The zero-order valence-electron chi connectivity index (χ0n) is 19.6. The molecule has 38 heavy (non-hydrogen) atoms. The normalized spacial score (nSPS) is 24.8. The Bertz CT molecular complexity index is 1230. The van der Waals surface area contributed by atoms with Gasteiger partial charge in [0.25, 0.3) is 0 Å². The van der Waals surface area contributed by atoms with Crippen LogP contribution >= 0.6 is 0 Å². The van der Waals surface area contributed by atoms with Crippen LogP contribution in [0.15, 0.2) is 48.8 Å². The monoisotopic (exact) mass is 547 g/mol. The predicted molar refractivity (Wildman–Crippen MR) is 115 cm³/mol. The number of benzene rings is 1. The summed E-state index contributed by atoms with van der Waals surface area (Å²) in [4.78, 5) is 51.3. The fourth-order valence-corrected chi connectivity index (χ4v) is 5.38. The molecule has 1 aromatic rings. The van der Waals surface area contributed by atoms with Crippen LogP contribution < -0.4 is 4.90 Å². The van der Waals surface area contributed by atoms with Crippen molar-refractivity contribution in [1.82, 2.24) is 9.80 Å². The molecule has 0 saturated carbocycles. The van der Waals surface area contributed by atoms with Gasteiger partial charge in [-0.2, -0.15) is 26.3 Å². The summed E-state index contributed by atoms with van der Waals surface area (Å²) in [7, 11) is 1.92. The summed E-state index contributed by atoms with van der Waals surface area (Å²) in [6.45, 7) is 0. The van der Waals surface area contributed by atoms with Gasteiger partial charge in [0.1, 0.15) is 12.2 Å². The fourth-order valence-electron chi connectivity index (χ4n) is 5.38. The van der Waals surface area contributed by atoms with Crippen molar-refractivity contribution in [2.24, 2.45) is 5.92 Å². The highest BCUT2D eigenvalue weighted by Crippen LogP contribution is 2.59. The van der Waals surface area contributed by atoms with Gasteiger partial charge in [0.2, 0.25) is 0 Å². The van der Waals surface area contributed by atoms with Gasteiger partial charge in [0, 0.05) is 23.7 Å². The van der Waals surface area contributed by atoms with Gasteiger partial charge in [-0.15, -0.1) is 0 Å². The molecule has 204 valence electrons. The fraction of sp³-hybridized carbons (Fsp3) is 0.391. The number of methoxy groups -OCH3 is 2. The van der Waals surface area contributed by atoms with Crippen molar-refractivity contribution in [3.63, 3.8) is 0 Å². The number of fused-ring (bicyclic) bond motifs is 3. The number of nitrogens with zero attached hydrogens (tertiary/aromatic N) is 3. The quantitative estimate of drug-likeness (QED) is 0.417. The van der Waals surface area contributed by atoms with Crippen molar-refractivity contribution < 1.29 is 55.0 Å². The van der Waals surface area contributed by atoms with E-state index in [1.165, 1.54) is 24.3 Å². The molecule has 0 unspecified atom stereocenters. The Balaban J connectivity index is 1.94. The average molecular weight is 547 g/mol. The first kappa shape index (κ1) is 27.0. The molecule has 3 aliphatic heterocycles. The van der Waals surface area contributed by atoms with Gasteiger partial charge in [0.05, 0.1) is 19.9 Å². The number of alkyl halides is 6. The average Bonchev–Trinajstić information content (AvgIpc) is 3.36. The Morgan fingerprint density at radius 2 is 1.47 bits per heavy atom. The van der Waals surface area contributed by atoms with Gasteiger partial charge < -0.3 is 9.47 Å². The SMILES string of the molecule is COC(=O)[C@@H]1C[C@@]2(C3C=CN(C(=O)C(F)(F)F)C=C3)c3ccccc3N(C(=O)C(F)(F)F)[C@H]2N1C(=O)OC. The summed E-state index contributed by atoms with van der Waals surface area (Å²) < 4.78 is 89.7. The molecule has 0 aromatic heterocycles. The highest BCUT2D eigenvalue weighted by atomic mass is 19.4. The molecule has 3 heterocycles. The number of likely N-dealkylation sites (tertiary alicyclic amines) is 1. The predicted octanol–water partition coefficient (Wildman–Crippen LogP) is 3.22. The van der Waals surface area contributed by atoms with E-state index in [1.54, 1.807) is 0 Å². The van der Waals surface area contributed by atoms with Gasteiger partial charge in [-0.1, -0.05) is 30.4 Å². The van der Waals surface area contributed by atoms with Crippen LogP contribution in [0.4, 0.5) is 36.8 Å². The van der Waals surface area contributed by atoms with E-state index in [1.807, 2.05) is 0 Å². The number of carbonyl (C=O) groups is 4. The molecule has 3 atom stereocenters. The van der Waals surface area contributed by atoms with Crippen molar-refractivity contribution in [3.8, 4) is 0 Å². The van der Waals surface area contributed by atoms with Crippen LogP contribution in [-0.4, -0.2) is 72.5 Å². The van der Waals surface area contributed by atoms with Gasteiger partial charge >= 0.3 is 36.2 Å². The zero-order chi connectivity index (χ0) is 28.2. The van der Waals surface area contributed by atoms with Crippen LogP contribution in [0, 0.1) is 5.92 Å². The first-order valence-electron chi connectivity index (χ1n) is 10.9. The minimum absolute atomic E-state index is 0.123. The maximum absolute atomic E-state index is 13.8. The molecule has 0 radical (unpaired) electrons. The Morgan fingerprint density at radius 1 is 0.895 bits per heavy atom. The van der Waals surface area contributed by atoms with Gasteiger partial charge in [-0.25, -0.2) is 9.59 Å². The third kappa shape index (κ3) is 3.96. The smallest absolute Gasteiger partial charge is 0.467 e. The molecule has 3 aliphatic rings. The summed E-state index contributed by atoms with van der Waals surface area (Å²) >= 11 is 0. The molecular weight excluding hydrogens is 528 g/mol. The number of anilines is 1. The molecule has 0 N–H and O–H groups in total. The number of hydrogen-bond acceptors (Lipinski definition) is 6. The number of ether oxygens (including phenoxy) is 2. The van der Waals surface area contributed by atoms with Crippen molar-refractivity contribution in [2.45, 2.75) is 36.4 Å². The lowest BCUT2D eigenvalue weighted by Gasteiger charge is -2.40. The summed E-state index contributed by atoms with van der Waals surface area (Å²) in [6.07, 6.45) is -10.2. The number of carbonyl (C=O) groups excluding carboxylic acids is 4. The molecular formula is C23H19F6N3O6. The zero-order valence-corrected chi connectivity index (χ0v) is 19.6. The number of esters is 1. The second-order valence-electron chi connectivity index (χ2n) is 8.64. The van der Waals surface area contributed by atoms with Crippen molar-refractivity contribution in [1.29, 1.82) is 0 Å². The summed E-state index contributed by atoms with van der Waals surface area (Å²) in [5.74, 6) is -6.65. The molecule has 1 saturated heterocycles. The largest absolute Gasteiger partial charge is 0.472 e. The number of rotatable bonds is 2. The van der Waals surface area contributed by atoms with E-state index in [2.05, 4.69) is 0 Å². The van der Waals surface area contributed by atoms with Gasteiger partial charge in [-0.3, -0.25) is 24.3 Å². The molecule has 9 nitrogen and oxygen atoms in total. The Labute approximate surface area is 210 Å². The van der Waals surface area contributed by atoms with E-state index in [0.29, 0.717) is 9.80 Å². The summed E-state index contributed by atoms with van der Waals surface area (Å²) in [6, 6.07) is 3.92. The molecule has 0 aliphatic carbocycles. The minimum Gasteiger partial charge on any atom is -0.467 e. The van der Waals surface area contributed by atoms with Crippen LogP contribution in [0.5, 0.6) is 0 Å². The lowest BCUT2D eigenvalue weighted by Crippen LogP contribution is -2.59. The highest BCUT2D eigenvalue weighted by Gasteiger charge is 2.69. The second-order valence-corrected chi connectivity index (χ2v) is 8.64. The van der Waals surface area contributed by atoms with Crippen molar-refractivity contribution >= 4 is 29.6 Å². The third-order valence-electron chi connectivity index (χ3n) is 6.80. The first-order valence-corrected chi connectivity index (χ1v) is 10.9. The van der Waals surface area contributed by atoms with E-state index >= 15 is 0 Å². The highest BCUT2D eigenvalue weighted by molar-refractivity contribution is 6.02. The maximum Gasteiger partial charge on any atom is 0.472 e. The number of para-hydroxylation sites is 1. The number of hydrogen-bond donors (Lipinski definition) is 0. The van der Waals surface area contributed by atoms with Crippen molar-refractivity contribution in [3.05, 3.63) is 54.4 Å². The molecule has 1 fully saturated rings. The Hall–Kier alpha value is -4.04. The van der Waals surface area contributed by atoms with Crippen LogP contribution in [0.1, 0.15) is 12.0 Å². The minimum atomic E-state index is -5.40. The first-order chi connectivity index (χ1) is 17.7. The molecule has 0 bridgehead atoms. The van der Waals surface area contributed by atoms with Gasteiger partial charge in [0.15, 0.2) is 0 Å².